The first-order valence-electron chi connectivity index (χ1n) is 10.9. The minimum Gasteiger partial charge on any atom is -0.364 e. The van der Waals surface area contributed by atoms with Gasteiger partial charge in [0, 0.05) is 25.3 Å². The fourth-order valence-corrected chi connectivity index (χ4v) is 5.32. The van der Waals surface area contributed by atoms with Gasteiger partial charge in [-0.3, -0.25) is 9.48 Å². The molecule has 162 valence electrons. The number of rotatable bonds is 6. The van der Waals surface area contributed by atoms with Gasteiger partial charge in [-0.05, 0) is 43.2 Å². The lowest BCUT2D eigenvalue weighted by Gasteiger charge is -2.32. The van der Waals surface area contributed by atoms with Gasteiger partial charge >= 0.3 is 0 Å². The molecule has 1 aliphatic heterocycles. The first kappa shape index (κ1) is 20.0. The summed E-state index contributed by atoms with van der Waals surface area (Å²) in [4.78, 5) is 23.3. The summed E-state index contributed by atoms with van der Waals surface area (Å²) in [6.45, 7) is 5.04. The van der Waals surface area contributed by atoms with E-state index in [0.29, 0.717) is 18.5 Å². The number of hydrogen-bond acceptors (Lipinski definition) is 7. The van der Waals surface area contributed by atoms with Crippen molar-refractivity contribution in [1.29, 1.82) is 0 Å². The summed E-state index contributed by atoms with van der Waals surface area (Å²) in [5.41, 5.74) is 1.80. The Balaban J connectivity index is 1.35. The second-order valence-corrected chi connectivity index (χ2v) is 9.19. The quantitative estimate of drug-likeness (QED) is 0.558. The molecular weight excluding hydrogens is 410 g/mol. The number of carbonyl (C=O) groups is 1. The van der Waals surface area contributed by atoms with Crippen molar-refractivity contribution in [3.8, 4) is 0 Å². The molecule has 0 aromatic carbocycles. The number of piperidine rings is 1. The van der Waals surface area contributed by atoms with E-state index in [4.69, 9.17) is 4.98 Å². The van der Waals surface area contributed by atoms with Crippen molar-refractivity contribution in [2.75, 3.05) is 23.7 Å². The molecule has 5 rings (SSSR count). The first-order valence-corrected chi connectivity index (χ1v) is 11.8. The maximum absolute atomic E-state index is 12.0. The van der Waals surface area contributed by atoms with Gasteiger partial charge < -0.3 is 15.5 Å². The fraction of sp³-hybridized carbons (Fsp3) is 0.455. The van der Waals surface area contributed by atoms with Gasteiger partial charge in [0.05, 0.1) is 28.1 Å². The smallest absolute Gasteiger partial charge is 0.246 e. The van der Waals surface area contributed by atoms with Crippen LogP contribution < -0.4 is 10.6 Å². The van der Waals surface area contributed by atoms with Crippen LogP contribution in [0.2, 0.25) is 0 Å². The zero-order valence-corrected chi connectivity index (χ0v) is 18.3. The molecular formula is C22H27N7OS. The van der Waals surface area contributed by atoms with Crippen molar-refractivity contribution in [2.45, 2.75) is 50.6 Å². The van der Waals surface area contributed by atoms with E-state index in [1.54, 1.807) is 11.3 Å². The number of likely N-dealkylation sites (tertiary alicyclic amines) is 1. The molecule has 1 aliphatic carbocycles. The molecule has 1 amide bonds. The number of nitrogens with zero attached hydrogens (tertiary/aromatic N) is 5. The van der Waals surface area contributed by atoms with E-state index in [1.165, 1.54) is 31.8 Å². The molecule has 31 heavy (non-hydrogen) atoms. The summed E-state index contributed by atoms with van der Waals surface area (Å²) in [6.07, 6.45) is 12.2. The minimum atomic E-state index is -0.0166. The summed E-state index contributed by atoms with van der Waals surface area (Å²) in [6, 6.07) is 2.66. The standard InChI is InChI=1S/C22H27N7OS/c1-2-19(30)28-10-5-6-15(13-28)24-21-20-18(9-11-31-20)26-22(27-21)25-16-12-23-29(14-16)17-7-3-4-8-17/h2,9,11-12,14-15,17H,1,3-8,10,13H2,(H2,24,25,26,27)/t15-/m1/s1. The zero-order chi connectivity index (χ0) is 21.2. The third-order valence-corrected chi connectivity index (χ3v) is 7.02. The monoisotopic (exact) mass is 437 g/mol. The molecule has 1 saturated carbocycles. The van der Waals surface area contributed by atoms with Crippen LogP contribution in [0.3, 0.4) is 0 Å². The maximum Gasteiger partial charge on any atom is 0.246 e. The van der Waals surface area contributed by atoms with Gasteiger partial charge in [0.1, 0.15) is 5.82 Å². The molecule has 0 spiro atoms. The summed E-state index contributed by atoms with van der Waals surface area (Å²) in [5.74, 6) is 1.34. The van der Waals surface area contributed by atoms with Gasteiger partial charge in [0.25, 0.3) is 0 Å². The molecule has 4 heterocycles. The summed E-state index contributed by atoms with van der Waals surface area (Å²) < 4.78 is 3.09. The predicted molar refractivity (Wildman–Crippen MR) is 124 cm³/mol. The van der Waals surface area contributed by atoms with Crippen molar-refractivity contribution in [3.63, 3.8) is 0 Å². The number of carbonyl (C=O) groups excluding carboxylic acids is 1. The number of thiophene rings is 1. The lowest BCUT2D eigenvalue weighted by molar-refractivity contribution is -0.127. The van der Waals surface area contributed by atoms with E-state index in [-0.39, 0.29) is 11.9 Å². The Hall–Kier alpha value is -2.94. The summed E-state index contributed by atoms with van der Waals surface area (Å²) in [7, 11) is 0. The number of anilines is 3. The van der Waals surface area contributed by atoms with E-state index in [1.807, 2.05) is 28.7 Å². The van der Waals surface area contributed by atoms with Gasteiger partial charge in [0.15, 0.2) is 0 Å². The third kappa shape index (κ3) is 4.27. The van der Waals surface area contributed by atoms with Crippen molar-refractivity contribution < 1.29 is 4.79 Å². The van der Waals surface area contributed by atoms with Crippen LogP contribution in [-0.4, -0.2) is 49.7 Å². The largest absolute Gasteiger partial charge is 0.364 e. The number of fused-ring (bicyclic) bond motifs is 1. The number of amides is 1. The SMILES string of the molecule is C=CC(=O)N1CCC[C@@H](Nc2nc(Nc3cnn(C4CCCC4)c3)nc3ccsc23)C1. The molecule has 1 saturated heterocycles. The third-order valence-electron chi connectivity index (χ3n) is 6.11. The molecule has 3 aromatic heterocycles. The van der Waals surface area contributed by atoms with Crippen molar-refractivity contribution in [3.05, 3.63) is 36.5 Å². The average Bonchev–Trinajstić information content (AvgIpc) is 3.54. The minimum absolute atomic E-state index is 0.0166. The maximum atomic E-state index is 12.0. The van der Waals surface area contributed by atoms with E-state index in [9.17, 15) is 4.79 Å². The van der Waals surface area contributed by atoms with Crippen LogP contribution in [0.15, 0.2) is 36.5 Å². The van der Waals surface area contributed by atoms with Crippen molar-refractivity contribution in [2.24, 2.45) is 0 Å². The van der Waals surface area contributed by atoms with Crippen LogP contribution in [0.5, 0.6) is 0 Å². The van der Waals surface area contributed by atoms with Crippen LogP contribution in [0.4, 0.5) is 17.5 Å². The normalized spacial score (nSPS) is 19.6. The molecule has 2 fully saturated rings. The predicted octanol–water partition coefficient (Wildman–Crippen LogP) is 4.34. The Morgan fingerprint density at radius 3 is 2.94 bits per heavy atom. The molecule has 2 N–H and O–H groups in total. The highest BCUT2D eigenvalue weighted by Crippen LogP contribution is 2.31. The van der Waals surface area contributed by atoms with Crippen LogP contribution in [0, 0.1) is 0 Å². The molecule has 0 bridgehead atoms. The van der Waals surface area contributed by atoms with Gasteiger partial charge in [0.2, 0.25) is 11.9 Å². The van der Waals surface area contributed by atoms with Gasteiger partial charge in [-0.1, -0.05) is 19.4 Å². The first-order chi connectivity index (χ1) is 15.2. The van der Waals surface area contributed by atoms with Gasteiger partial charge in [-0.15, -0.1) is 11.3 Å². The molecule has 9 heteroatoms. The van der Waals surface area contributed by atoms with E-state index in [0.717, 1.165) is 41.1 Å². The molecule has 2 aliphatic rings. The Morgan fingerprint density at radius 1 is 1.23 bits per heavy atom. The Morgan fingerprint density at radius 2 is 2.10 bits per heavy atom. The molecule has 0 unspecified atom stereocenters. The Labute approximate surface area is 185 Å². The summed E-state index contributed by atoms with van der Waals surface area (Å²) in [5, 5.41) is 13.5. The number of hydrogen-bond donors (Lipinski definition) is 2. The zero-order valence-electron chi connectivity index (χ0n) is 17.5. The Bertz CT molecular complexity index is 1080. The molecule has 1 atom stereocenters. The second-order valence-electron chi connectivity index (χ2n) is 8.27. The van der Waals surface area contributed by atoms with Crippen LogP contribution in [0.25, 0.3) is 10.2 Å². The van der Waals surface area contributed by atoms with Crippen molar-refractivity contribution in [1.82, 2.24) is 24.6 Å². The topological polar surface area (TPSA) is 88.0 Å². The lowest BCUT2D eigenvalue weighted by Crippen LogP contribution is -2.44. The van der Waals surface area contributed by atoms with Crippen LogP contribution >= 0.6 is 11.3 Å². The molecule has 8 nitrogen and oxygen atoms in total. The number of nitrogens with one attached hydrogen (secondary N) is 2. The lowest BCUT2D eigenvalue weighted by atomic mass is 10.1. The Kier molecular flexibility index (Phi) is 5.59. The van der Waals surface area contributed by atoms with Crippen molar-refractivity contribution >= 4 is 44.9 Å². The highest BCUT2D eigenvalue weighted by molar-refractivity contribution is 7.17. The average molecular weight is 438 g/mol. The van der Waals surface area contributed by atoms with Gasteiger partial charge in [-0.2, -0.15) is 10.1 Å². The van der Waals surface area contributed by atoms with E-state index in [2.05, 4.69) is 32.0 Å². The second kappa shape index (κ2) is 8.66. The molecule has 3 aromatic rings. The van der Waals surface area contributed by atoms with Crippen LogP contribution in [-0.2, 0) is 4.79 Å². The van der Waals surface area contributed by atoms with Crippen LogP contribution in [0.1, 0.15) is 44.6 Å². The molecule has 0 radical (unpaired) electrons. The summed E-state index contributed by atoms with van der Waals surface area (Å²) >= 11 is 1.62. The highest BCUT2D eigenvalue weighted by atomic mass is 32.1. The van der Waals surface area contributed by atoms with Gasteiger partial charge in [-0.25, -0.2) is 4.98 Å². The fourth-order valence-electron chi connectivity index (χ4n) is 4.53. The van der Waals surface area contributed by atoms with E-state index < -0.39 is 0 Å². The highest BCUT2D eigenvalue weighted by Gasteiger charge is 2.24. The van der Waals surface area contributed by atoms with E-state index >= 15 is 0 Å². The number of aromatic nitrogens is 4.